The van der Waals surface area contributed by atoms with Crippen LogP contribution in [0.3, 0.4) is 0 Å². The molecule has 0 aromatic carbocycles. The number of hydrogen-bond acceptors (Lipinski definition) is 5. The molecule has 24 heavy (non-hydrogen) atoms. The molecule has 0 bridgehead atoms. The van der Waals surface area contributed by atoms with Crippen LogP contribution < -0.4 is 4.31 Å². The topological polar surface area (TPSA) is 70.6 Å². The standard InChI is InChI=1S/C16H26BrN3O3S/c1-6-20(7-2)12(3)8-9-14(21)13-10-15(17)18-16(11-13)19(4)24(5,22)23/h10-12H,6-9H2,1-5H3/t12-/m0/s1. The van der Waals surface area contributed by atoms with E-state index < -0.39 is 10.0 Å². The lowest BCUT2D eigenvalue weighted by Crippen LogP contribution is -2.33. The minimum Gasteiger partial charge on any atom is -0.301 e. The molecule has 0 radical (unpaired) electrons. The summed E-state index contributed by atoms with van der Waals surface area (Å²) in [6, 6.07) is 3.48. The van der Waals surface area contributed by atoms with Gasteiger partial charge in [0.25, 0.3) is 0 Å². The number of halogens is 1. The molecule has 0 spiro atoms. The first-order valence-corrected chi connectivity index (χ1v) is 10.6. The van der Waals surface area contributed by atoms with Gasteiger partial charge in [0, 0.05) is 25.1 Å². The molecule has 1 aromatic rings. The second-order valence-corrected chi connectivity index (χ2v) is 8.63. The lowest BCUT2D eigenvalue weighted by Gasteiger charge is -2.26. The summed E-state index contributed by atoms with van der Waals surface area (Å²) in [5.41, 5.74) is 0.467. The van der Waals surface area contributed by atoms with Crippen LogP contribution in [0.15, 0.2) is 16.7 Å². The van der Waals surface area contributed by atoms with Gasteiger partial charge in [-0.25, -0.2) is 13.4 Å². The van der Waals surface area contributed by atoms with Crippen LogP contribution in [0.4, 0.5) is 5.82 Å². The number of nitrogens with zero attached hydrogens (tertiary/aromatic N) is 3. The zero-order valence-corrected chi connectivity index (χ0v) is 17.3. The Bertz CT molecular complexity index is 675. The summed E-state index contributed by atoms with van der Waals surface area (Å²) in [4.78, 5) is 18.9. The largest absolute Gasteiger partial charge is 0.301 e. The minimum atomic E-state index is -3.43. The molecule has 8 heteroatoms. The first kappa shape index (κ1) is 21.1. The average Bonchev–Trinajstić information content (AvgIpc) is 2.51. The van der Waals surface area contributed by atoms with Crippen molar-refractivity contribution in [2.45, 2.75) is 39.7 Å². The van der Waals surface area contributed by atoms with Crippen molar-refractivity contribution in [3.05, 3.63) is 22.3 Å². The van der Waals surface area contributed by atoms with Crippen molar-refractivity contribution in [3.8, 4) is 0 Å². The molecule has 1 heterocycles. The molecule has 1 atom stereocenters. The van der Waals surface area contributed by atoms with Gasteiger partial charge < -0.3 is 4.90 Å². The molecule has 136 valence electrons. The Balaban J connectivity index is 2.90. The van der Waals surface area contributed by atoms with Gasteiger partial charge in [0.1, 0.15) is 10.4 Å². The molecule has 6 nitrogen and oxygen atoms in total. The van der Waals surface area contributed by atoms with Crippen LogP contribution in [0.25, 0.3) is 0 Å². The first-order valence-electron chi connectivity index (χ1n) is 7.98. The lowest BCUT2D eigenvalue weighted by molar-refractivity contribution is 0.0964. The van der Waals surface area contributed by atoms with Gasteiger partial charge in [-0.3, -0.25) is 9.10 Å². The van der Waals surface area contributed by atoms with Crippen LogP contribution in [-0.4, -0.2) is 56.5 Å². The Kier molecular flexibility index (Phi) is 7.82. The summed E-state index contributed by atoms with van der Waals surface area (Å²) in [6.45, 7) is 8.24. The molecule has 1 aromatic heterocycles. The summed E-state index contributed by atoms with van der Waals surface area (Å²) in [6.07, 6.45) is 2.27. The maximum absolute atomic E-state index is 12.5. The van der Waals surface area contributed by atoms with E-state index in [1.165, 1.54) is 13.1 Å². The summed E-state index contributed by atoms with van der Waals surface area (Å²) in [7, 11) is -2.01. The molecule has 0 aliphatic heterocycles. The highest BCUT2D eigenvalue weighted by atomic mass is 79.9. The SMILES string of the molecule is CCN(CC)[C@@H](C)CCC(=O)c1cc(Br)nc(N(C)S(C)(=O)=O)c1. The molecular weight excluding hydrogens is 394 g/mol. The van der Waals surface area contributed by atoms with Gasteiger partial charge in [0.05, 0.1) is 6.26 Å². The summed E-state index contributed by atoms with van der Waals surface area (Å²) in [5.74, 6) is 0.215. The summed E-state index contributed by atoms with van der Waals surface area (Å²) in [5, 5.41) is 0. The fraction of sp³-hybridized carbons (Fsp3) is 0.625. The quantitative estimate of drug-likeness (QED) is 0.454. The van der Waals surface area contributed by atoms with E-state index in [0.29, 0.717) is 22.6 Å². The predicted molar refractivity (Wildman–Crippen MR) is 101 cm³/mol. The van der Waals surface area contributed by atoms with E-state index in [-0.39, 0.29) is 11.6 Å². The fourth-order valence-corrected chi connectivity index (χ4v) is 3.35. The van der Waals surface area contributed by atoms with E-state index in [0.717, 1.165) is 30.1 Å². The smallest absolute Gasteiger partial charge is 0.233 e. The van der Waals surface area contributed by atoms with Crippen molar-refractivity contribution in [1.29, 1.82) is 0 Å². The van der Waals surface area contributed by atoms with E-state index in [4.69, 9.17) is 0 Å². The second kappa shape index (κ2) is 8.92. The maximum Gasteiger partial charge on any atom is 0.233 e. The van der Waals surface area contributed by atoms with E-state index >= 15 is 0 Å². The fourth-order valence-electron chi connectivity index (χ4n) is 2.49. The molecule has 1 rings (SSSR count). The zero-order chi connectivity index (χ0) is 18.5. The van der Waals surface area contributed by atoms with E-state index in [1.54, 1.807) is 6.07 Å². The molecule has 0 saturated carbocycles. The lowest BCUT2D eigenvalue weighted by atomic mass is 10.0. The van der Waals surface area contributed by atoms with Gasteiger partial charge in [0.15, 0.2) is 5.78 Å². The Labute approximate surface area is 153 Å². The maximum atomic E-state index is 12.5. The molecule has 0 saturated heterocycles. The molecule has 0 N–H and O–H groups in total. The third-order valence-corrected chi connectivity index (χ3v) is 5.74. The first-order chi connectivity index (χ1) is 11.1. The highest BCUT2D eigenvalue weighted by molar-refractivity contribution is 9.10. The predicted octanol–water partition coefficient (Wildman–Crippen LogP) is 2.93. The highest BCUT2D eigenvalue weighted by Gasteiger charge is 2.18. The number of pyridine rings is 1. The van der Waals surface area contributed by atoms with Gasteiger partial charge >= 0.3 is 0 Å². The minimum absolute atomic E-state index is 0.0137. The van der Waals surface area contributed by atoms with Gasteiger partial charge in [-0.05, 0) is 54.5 Å². The highest BCUT2D eigenvalue weighted by Crippen LogP contribution is 2.21. The van der Waals surface area contributed by atoms with Crippen LogP contribution >= 0.6 is 15.9 Å². The van der Waals surface area contributed by atoms with Crippen molar-refractivity contribution in [3.63, 3.8) is 0 Å². The van der Waals surface area contributed by atoms with Gasteiger partial charge in [-0.1, -0.05) is 13.8 Å². The normalized spacial score (nSPS) is 13.1. The third-order valence-electron chi connectivity index (χ3n) is 4.15. The van der Waals surface area contributed by atoms with Crippen LogP contribution in [0.5, 0.6) is 0 Å². The van der Waals surface area contributed by atoms with Crippen LogP contribution in [0, 0.1) is 0 Å². The molecule has 0 amide bonds. The molecule has 0 unspecified atom stereocenters. The van der Waals surface area contributed by atoms with Gasteiger partial charge in [-0.15, -0.1) is 0 Å². The Hall–Kier alpha value is -0.990. The second-order valence-electron chi connectivity index (χ2n) is 5.80. The van der Waals surface area contributed by atoms with Crippen molar-refractivity contribution in [2.24, 2.45) is 0 Å². The molecule has 0 aliphatic rings. The Morgan fingerprint density at radius 3 is 2.38 bits per heavy atom. The number of aromatic nitrogens is 1. The number of anilines is 1. The van der Waals surface area contributed by atoms with Gasteiger partial charge in [-0.2, -0.15) is 0 Å². The monoisotopic (exact) mass is 419 g/mol. The number of rotatable bonds is 9. The van der Waals surface area contributed by atoms with Crippen molar-refractivity contribution < 1.29 is 13.2 Å². The number of carbonyl (C=O) groups excluding carboxylic acids is 1. The average molecular weight is 420 g/mol. The molecule has 0 fully saturated rings. The summed E-state index contributed by atoms with van der Waals surface area (Å²) < 4.78 is 24.8. The van der Waals surface area contributed by atoms with E-state index in [2.05, 4.69) is 46.6 Å². The van der Waals surface area contributed by atoms with Crippen molar-refractivity contribution in [1.82, 2.24) is 9.88 Å². The Morgan fingerprint density at radius 1 is 1.29 bits per heavy atom. The molecular formula is C16H26BrN3O3S. The van der Waals surface area contributed by atoms with Crippen molar-refractivity contribution >= 4 is 37.6 Å². The number of Topliss-reactive ketones (excluding diaryl/α,β-unsaturated/α-hetero) is 1. The zero-order valence-electron chi connectivity index (χ0n) is 14.9. The number of ketones is 1. The van der Waals surface area contributed by atoms with E-state index in [1.807, 2.05) is 0 Å². The van der Waals surface area contributed by atoms with Gasteiger partial charge in [0.2, 0.25) is 10.0 Å². The summed E-state index contributed by atoms with van der Waals surface area (Å²) >= 11 is 3.25. The van der Waals surface area contributed by atoms with Crippen LogP contribution in [0.2, 0.25) is 0 Å². The Morgan fingerprint density at radius 2 is 1.88 bits per heavy atom. The third kappa shape index (κ3) is 5.82. The van der Waals surface area contributed by atoms with Crippen LogP contribution in [-0.2, 0) is 10.0 Å². The van der Waals surface area contributed by atoms with E-state index in [9.17, 15) is 13.2 Å². The number of sulfonamides is 1. The number of hydrogen-bond donors (Lipinski definition) is 0. The molecule has 0 aliphatic carbocycles. The number of carbonyl (C=O) groups is 1. The van der Waals surface area contributed by atoms with Crippen molar-refractivity contribution in [2.75, 3.05) is 30.7 Å². The van der Waals surface area contributed by atoms with Crippen LogP contribution in [0.1, 0.15) is 44.0 Å².